The van der Waals surface area contributed by atoms with Gasteiger partial charge in [-0.3, -0.25) is 9.59 Å². The highest BCUT2D eigenvalue weighted by Gasteiger charge is 2.27. The lowest BCUT2D eigenvalue weighted by Crippen LogP contribution is -2.37. The Morgan fingerprint density at radius 1 is 1.05 bits per heavy atom. The van der Waals surface area contributed by atoms with Gasteiger partial charge in [-0.05, 0) is 74.7 Å². The minimum absolute atomic E-state index is 0.0207. The fourth-order valence-corrected chi connectivity index (χ4v) is 3.89. The van der Waals surface area contributed by atoms with Crippen LogP contribution in [-0.2, 0) is 9.47 Å². The molecule has 1 heterocycles. The highest BCUT2D eigenvalue weighted by Crippen LogP contribution is 2.24. The molecule has 0 radical (unpaired) electrons. The molecule has 0 fully saturated rings. The second-order valence-corrected chi connectivity index (χ2v) is 9.23. The van der Waals surface area contributed by atoms with Gasteiger partial charge in [0.2, 0.25) is 6.79 Å². The summed E-state index contributed by atoms with van der Waals surface area (Å²) in [6.07, 6.45) is 2.25. The zero-order valence-corrected chi connectivity index (χ0v) is 24.3. The fourth-order valence-electron chi connectivity index (χ4n) is 3.89. The van der Waals surface area contributed by atoms with Gasteiger partial charge in [0, 0.05) is 24.8 Å². The number of aliphatic imine (C=N–C) groups is 2. The number of aromatic hydroxyl groups is 1. The number of hydrogen-bond donors (Lipinski definition) is 4. The number of nitrogens with zero attached hydrogens (tertiary/aromatic N) is 3. The monoisotopic (exact) mass is 590 g/mol. The van der Waals surface area contributed by atoms with Crippen molar-refractivity contribution in [1.82, 2.24) is 15.2 Å². The molecule has 0 bridgehead atoms. The van der Waals surface area contributed by atoms with Gasteiger partial charge in [-0.25, -0.2) is 24.5 Å². The van der Waals surface area contributed by atoms with Gasteiger partial charge in [-0.2, -0.15) is 0 Å². The number of H-pyrrole nitrogens is 1. The zero-order chi connectivity index (χ0) is 31.5. The molecule has 2 aromatic carbocycles. The number of aryl methyl sites for hydroxylation is 1. The van der Waals surface area contributed by atoms with Gasteiger partial charge in [0.1, 0.15) is 5.75 Å². The summed E-state index contributed by atoms with van der Waals surface area (Å²) in [7, 11) is 0. The minimum Gasteiger partial charge on any atom is -0.508 e. The SMILES string of the molecule is CCCNC(=O)c1ccc(C)c(N=C(N=CN)c2[nH]cc(C(=O)N(CC)C(=O)OCOC(=O)c3ccc(O)cc3)c2C)c1. The maximum absolute atomic E-state index is 13.3. The summed E-state index contributed by atoms with van der Waals surface area (Å²) in [6.45, 7) is 6.82. The van der Waals surface area contributed by atoms with Crippen LogP contribution in [0.4, 0.5) is 10.5 Å². The molecule has 0 saturated heterocycles. The molecular formula is C30H34N6O7. The highest BCUT2D eigenvalue weighted by molar-refractivity contribution is 6.09. The molecule has 3 aromatic rings. The standard InChI is InChI=1S/C30H34N6O7/c1-5-13-32-27(38)21-8-7-18(3)24(14-21)35-26(34-16-31)25-19(4)23(15-33-25)28(39)36(6-2)30(41)43-17-42-29(40)20-9-11-22(37)12-10-20/h7-12,14-16,33,37H,5-6,13,17H2,1-4H3,(H,32,38)(H2,31,34,35). The van der Waals surface area contributed by atoms with Crippen LogP contribution in [0.5, 0.6) is 5.75 Å². The number of nitrogens with one attached hydrogen (secondary N) is 2. The van der Waals surface area contributed by atoms with Gasteiger partial charge in [0.25, 0.3) is 11.8 Å². The van der Waals surface area contributed by atoms with Gasteiger partial charge in [-0.1, -0.05) is 13.0 Å². The van der Waals surface area contributed by atoms with E-state index in [9.17, 15) is 24.3 Å². The van der Waals surface area contributed by atoms with Gasteiger partial charge in [0.15, 0.2) is 5.84 Å². The molecule has 1 aromatic heterocycles. The number of ether oxygens (including phenoxy) is 2. The predicted octanol–water partition coefficient (Wildman–Crippen LogP) is 3.96. The van der Waals surface area contributed by atoms with E-state index in [4.69, 9.17) is 15.2 Å². The number of aromatic amines is 1. The number of nitrogens with two attached hydrogens (primary N) is 1. The molecule has 0 aliphatic rings. The summed E-state index contributed by atoms with van der Waals surface area (Å²) in [5, 5.41) is 12.2. The van der Waals surface area contributed by atoms with Crippen molar-refractivity contribution in [3.63, 3.8) is 0 Å². The number of esters is 1. The molecule has 0 saturated carbocycles. The number of imide groups is 1. The van der Waals surface area contributed by atoms with Crippen molar-refractivity contribution in [3.8, 4) is 5.75 Å². The molecule has 13 nitrogen and oxygen atoms in total. The molecule has 13 heteroatoms. The lowest BCUT2D eigenvalue weighted by atomic mass is 10.1. The zero-order valence-electron chi connectivity index (χ0n) is 24.3. The number of carbonyl (C=O) groups is 4. The molecule has 3 amide bonds. The fraction of sp³-hybridized carbons (Fsp3) is 0.267. The Kier molecular flexibility index (Phi) is 11.2. The molecule has 0 spiro atoms. The molecule has 5 N–H and O–H groups in total. The van der Waals surface area contributed by atoms with E-state index in [1.54, 1.807) is 32.0 Å². The van der Waals surface area contributed by atoms with Gasteiger partial charge in [-0.15, -0.1) is 0 Å². The van der Waals surface area contributed by atoms with Crippen LogP contribution in [0, 0.1) is 13.8 Å². The Morgan fingerprint density at radius 2 is 1.74 bits per heavy atom. The summed E-state index contributed by atoms with van der Waals surface area (Å²) in [4.78, 5) is 63.2. The largest absolute Gasteiger partial charge is 0.508 e. The van der Waals surface area contributed by atoms with Crippen molar-refractivity contribution in [1.29, 1.82) is 0 Å². The summed E-state index contributed by atoms with van der Waals surface area (Å²) in [5.74, 6) is -1.54. The number of rotatable bonds is 10. The highest BCUT2D eigenvalue weighted by atomic mass is 16.7. The second-order valence-electron chi connectivity index (χ2n) is 9.23. The number of amidine groups is 1. The van der Waals surface area contributed by atoms with E-state index < -0.39 is 24.8 Å². The number of phenols is 1. The van der Waals surface area contributed by atoms with E-state index >= 15 is 0 Å². The van der Waals surface area contributed by atoms with Crippen LogP contribution in [0.2, 0.25) is 0 Å². The Labute approximate surface area is 248 Å². The molecular weight excluding hydrogens is 556 g/mol. The number of hydrogen-bond acceptors (Lipinski definition) is 8. The van der Waals surface area contributed by atoms with Gasteiger partial charge < -0.3 is 30.6 Å². The van der Waals surface area contributed by atoms with Crippen molar-refractivity contribution in [2.24, 2.45) is 15.7 Å². The smallest absolute Gasteiger partial charge is 0.419 e. The summed E-state index contributed by atoms with van der Waals surface area (Å²) in [5.41, 5.74) is 8.39. The first-order valence-electron chi connectivity index (χ1n) is 13.5. The number of aromatic nitrogens is 1. The van der Waals surface area contributed by atoms with Crippen molar-refractivity contribution in [2.45, 2.75) is 34.1 Å². The Bertz CT molecular complexity index is 1540. The first-order valence-corrected chi connectivity index (χ1v) is 13.5. The molecule has 3 rings (SSSR count). The van der Waals surface area contributed by atoms with Crippen LogP contribution >= 0.6 is 0 Å². The van der Waals surface area contributed by atoms with Crippen LogP contribution in [0.3, 0.4) is 0 Å². The molecule has 0 unspecified atom stereocenters. The number of phenolic OH excluding ortho intramolecular Hbond substituents is 1. The lowest BCUT2D eigenvalue weighted by molar-refractivity contribution is -0.0102. The number of benzene rings is 2. The van der Waals surface area contributed by atoms with Crippen molar-refractivity contribution in [2.75, 3.05) is 19.9 Å². The third-order valence-electron chi connectivity index (χ3n) is 6.28. The van der Waals surface area contributed by atoms with E-state index in [0.717, 1.165) is 23.2 Å². The van der Waals surface area contributed by atoms with Crippen LogP contribution in [0.15, 0.2) is 58.6 Å². The Balaban J connectivity index is 1.78. The van der Waals surface area contributed by atoms with Gasteiger partial charge >= 0.3 is 12.1 Å². The third kappa shape index (κ3) is 8.06. The number of carbonyl (C=O) groups excluding carboxylic acids is 4. The van der Waals surface area contributed by atoms with E-state index in [1.807, 2.05) is 13.8 Å². The maximum Gasteiger partial charge on any atom is 0.419 e. The van der Waals surface area contributed by atoms with Crippen LogP contribution in [0.25, 0.3) is 0 Å². The van der Waals surface area contributed by atoms with Crippen LogP contribution in [-0.4, -0.2) is 70.9 Å². The average Bonchev–Trinajstić information content (AvgIpc) is 3.38. The van der Waals surface area contributed by atoms with Crippen LogP contribution < -0.4 is 11.1 Å². The normalized spacial score (nSPS) is 11.3. The van der Waals surface area contributed by atoms with E-state index in [0.29, 0.717) is 29.1 Å². The first kappa shape index (κ1) is 32.1. The molecule has 43 heavy (non-hydrogen) atoms. The van der Waals surface area contributed by atoms with Gasteiger partial charge in [0.05, 0.1) is 28.8 Å². The van der Waals surface area contributed by atoms with Crippen molar-refractivity contribution in [3.05, 3.63) is 82.2 Å². The molecule has 0 aliphatic carbocycles. The Morgan fingerprint density at radius 3 is 2.40 bits per heavy atom. The van der Waals surface area contributed by atoms with E-state index in [1.165, 1.54) is 30.5 Å². The summed E-state index contributed by atoms with van der Waals surface area (Å²) >= 11 is 0. The van der Waals surface area contributed by atoms with E-state index in [-0.39, 0.29) is 35.2 Å². The minimum atomic E-state index is -1.02. The predicted molar refractivity (Wildman–Crippen MR) is 160 cm³/mol. The van der Waals surface area contributed by atoms with Crippen molar-refractivity contribution < 1.29 is 33.8 Å². The molecule has 226 valence electrons. The number of amides is 3. The Hall–Kier alpha value is -5.46. The van der Waals surface area contributed by atoms with Crippen molar-refractivity contribution >= 4 is 41.7 Å². The average molecular weight is 591 g/mol. The molecule has 0 aliphatic heterocycles. The summed E-state index contributed by atoms with van der Waals surface area (Å²) < 4.78 is 9.94. The second kappa shape index (κ2) is 15.0. The third-order valence-corrected chi connectivity index (χ3v) is 6.28. The quantitative estimate of drug-likeness (QED) is 0.118. The first-order chi connectivity index (χ1) is 20.6. The van der Waals surface area contributed by atoms with Crippen LogP contribution in [0.1, 0.15) is 68.2 Å². The maximum atomic E-state index is 13.3. The van der Waals surface area contributed by atoms with E-state index in [2.05, 4.69) is 20.3 Å². The topological polar surface area (TPSA) is 189 Å². The molecule has 0 atom stereocenters. The summed E-state index contributed by atoms with van der Waals surface area (Å²) in [6, 6.07) is 10.4. The lowest BCUT2D eigenvalue weighted by Gasteiger charge is -2.18.